The molecule has 19 heavy (non-hydrogen) atoms. The average Bonchev–Trinajstić information content (AvgIpc) is 2.75. The molecular weight excluding hydrogens is 244 g/mol. The van der Waals surface area contributed by atoms with Crippen LogP contribution in [0.15, 0.2) is 18.2 Å². The van der Waals surface area contributed by atoms with Gasteiger partial charge in [0.1, 0.15) is 0 Å². The number of carbonyl (C=O) groups is 2. The molecule has 1 aromatic carbocycles. The van der Waals surface area contributed by atoms with E-state index in [4.69, 9.17) is 5.11 Å². The third kappa shape index (κ3) is 2.93. The first-order chi connectivity index (χ1) is 8.99. The quantitative estimate of drug-likeness (QED) is 0.773. The van der Waals surface area contributed by atoms with Gasteiger partial charge in [-0.25, -0.2) is 4.79 Å². The number of aromatic carboxylic acids is 1. The normalized spacial score (nSPS) is 22.2. The van der Waals surface area contributed by atoms with E-state index >= 15 is 0 Å². The van der Waals surface area contributed by atoms with E-state index < -0.39 is 5.97 Å². The Hall–Kier alpha value is -1.88. The maximum absolute atomic E-state index is 12.1. The molecule has 0 spiro atoms. The Kier molecular flexibility index (Phi) is 3.85. The Balaban J connectivity index is 2.09. The highest BCUT2D eigenvalue weighted by Crippen LogP contribution is 2.19. The maximum Gasteiger partial charge on any atom is 0.335 e. The van der Waals surface area contributed by atoms with Crippen molar-refractivity contribution in [1.82, 2.24) is 5.32 Å². The summed E-state index contributed by atoms with van der Waals surface area (Å²) in [6.45, 7) is 4.62. The summed E-state index contributed by atoms with van der Waals surface area (Å²) in [7, 11) is 0. The van der Waals surface area contributed by atoms with Gasteiger partial charge in [0.25, 0.3) is 0 Å². The highest BCUT2D eigenvalue weighted by molar-refractivity contribution is 5.96. The maximum atomic E-state index is 12.1. The number of rotatable bonds is 3. The molecule has 1 amide bonds. The molecule has 1 heterocycles. The van der Waals surface area contributed by atoms with Crippen molar-refractivity contribution in [3.8, 4) is 0 Å². The second-order valence-electron chi connectivity index (χ2n) is 5.02. The number of aryl methyl sites for hydroxylation is 1. The molecule has 5 heteroatoms. The van der Waals surface area contributed by atoms with Crippen LogP contribution in [0.25, 0.3) is 0 Å². The number of carboxylic acid groups (broad SMARTS) is 1. The van der Waals surface area contributed by atoms with E-state index in [2.05, 4.69) is 10.6 Å². The second kappa shape index (κ2) is 5.40. The highest BCUT2D eigenvalue weighted by Gasteiger charge is 2.29. The van der Waals surface area contributed by atoms with E-state index in [0.717, 1.165) is 13.0 Å². The largest absolute Gasteiger partial charge is 0.478 e. The van der Waals surface area contributed by atoms with Crippen molar-refractivity contribution < 1.29 is 14.7 Å². The molecule has 1 saturated heterocycles. The number of amides is 1. The number of hydrogen-bond donors (Lipinski definition) is 3. The summed E-state index contributed by atoms with van der Waals surface area (Å²) in [4.78, 5) is 23.0. The Labute approximate surface area is 112 Å². The minimum Gasteiger partial charge on any atom is -0.478 e. The zero-order valence-corrected chi connectivity index (χ0v) is 11.1. The standard InChI is InChI=1S/C14H18N2O3/c1-8-5-6-15-12(8)13(17)16-10-3-4-11(14(18)19)9(2)7-10/h3-4,7-8,12,15H,5-6H2,1-2H3,(H,16,17)(H,18,19). The van der Waals surface area contributed by atoms with Crippen molar-refractivity contribution in [3.05, 3.63) is 29.3 Å². The summed E-state index contributed by atoms with van der Waals surface area (Å²) in [6, 6.07) is 4.65. The first-order valence-electron chi connectivity index (χ1n) is 6.37. The van der Waals surface area contributed by atoms with Crippen LogP contribution in [0.4, 0.5) is 5.69 Å². The van der Waals surface area contributed by atoms with Crippen molar-refractivity contribution in [1.29, 1.82) is 0 Å². The molecule has 0 aromatic heterocycles. The Morgan fingerprint density at radius 3 is 2.68 bits per heavy atom. The zero-order chi connectivity index (χ0) is 14.0. The third-order valence-electron chi connectivity index (χ3n) is 3.54. The number of carbonyl (C=O) groups excluding carboxylic acids is 1. The Morgan fingerprint density at radius 1 is 1.42 bits per heavy atom. The van der Waals surface area contributed by atoms with Gasteiger partial charge in [0, 0.05) is 5.69 Å². The highest BCUT2D eigenvalue weighted by atomic mass is 16.4. The fourth-order valence-corrected chi connectivity index (χ4v) is 2.39. The van der Waals surface area contributed by atoms with Gasteiger partial charge in [-0.15, -0.1) is 0 Å². The molecule has 2 unspecified atom stereocenters. The minimum atomic E-state index is -0.957. The Bertz CT molecular complexity index is 513. The van der Waals surface area contributed by atoms with Gasteiger partial charge in [0.2, 0.25) is 5.91 Å². The molecule has 2 atom stereocenters. The fraction of sp³-hybridized carbons (Fsp3) is 0.429. The Morgan fingerprint density at radius 2 is 2.16 bits per heavy atom. The summed E-state index contributed by atoms with van der Waals surface area (Å²) in [5.74, 6) is -0.701. The van der Waals surface area contributed by atoms with Crippen molar-refractivity contribution in [2.45, 2.75) is 26.3 Å². The van der Waals surface area contributed by atoms with Gasteiger partial charge in [-0.05, 0) is 49.6 Å². The number of nitrogens with one attached hydrogen (secondary N) is 2. The van der Waals surface area contributed by atoms with Crippen molar-refractivity contribution in [2.75, 3.05) is 11.9 Å². The van der Waals surface area contributed by atoms with Gasteiger partial charge in [0.05, 0.1) is 11.6 Å². The lowest BCUT2D eigenvalue weighted by Crippen LogP contribution is -2.39. The minimum absolute atomic E-state index is 0.0625. The van der Waals surface area contributed by atoms with Crippen molar-refractivity contribution in [3.63, 3.8) is 0 Å². The molecule has 1 aliphatic heterocycles. The number of anilines is 1. The van der Waals surface area contributed by atoms with Gasteiger partial charge in [0.15, 0.2) is 0 Å². The smallest absolute Gasteiger partial charge is 0.335 e. The van der Waals surface area contributed by atoms with E-state index in [1.807, 2.05) is 6.92 Å². The zero-order valence-electron chi connectivity index (χ0n) is 11.1. The first kappa shape index (κ1) is 13.5. The predicted molar refractivity (Wildman–Crippen MR) is 72.3 cm³/mol. The second-order valence-corrected chi connectivity index (χ2v) is 5.02. The summed E-state index contributed by atoms with van der Waals surface area (Å²) in [5.41, 5.74) is 1.52. The first-order valence-corrected chi connectivity index (χ1v) is 6.37. The van der Waals surface area contributed by atoms with Crippen LogP contribution in [0.3, 0.4) is 0 Å². The molecular formula is C14H18N2O3. The molecule has 1 aromatic rings. The van der Waals surface area contributed by atoms with E-state index in [-0.39, 0.29) is 17.5 Å². The molecule has 5 nitrogen and oxygen atoms in total. The van der Waals surface area contributed by atoms with Crippen LogP contribution in [0.5, 0.6) is 0 Å². The van der Waals surface area contributed by atoms with Crippen LogP contribution in [-0.2, 0) is 4.79 Å². The molecule has 3 N–H and O–H groups in total. The monoisotopic (exact) mass is 262 g/mol. The van der Waals surface area contributed by atoms with Gasteiger partial charge < -0.3 is 15.7 Å². The van der Waals surface area contributed by atoms with Crippen LogP contribution in [0.2, 0.25) is 0 Å². The molecule has 0 aliphatic carbocycles. The predicted octanol–water partition coefficient (Wildman–Crippen LogP) is 1.63. The van der Waals surface area contributed by atoms with Crippen LogP contribution in [-0.4, -0.2) is 29.6 Å². The lowest BCUT2D eigenvalue weighted by atomic mass is 10.0. The average molecular weight is 262 g/mol. The molecule has 1 aliphatic rings. The molecule has 0 bridgehead atoms. The van der Waals surface area contributed by atoms with Crippen LogP contribution in [0, 0.1) is 12.8 Å². The molecule has 2 rings (SSSR count). The molecule has 1 fully saturated rings. The molecule has 0 radical (unpaired) electrons. The summed E-state index contributed by atoms with van der Waals surface area (Å²) >= 11 is 0. The number of carboxylic acids is 1. The van der Waals surface area contributed by atoms with Crippen LogP contribution >= 0.6 is 0 Å². The SMILES string of the molecule is Cc1cc(NC(=O)C2NCCC2C)ccc1C(=O)O. The van der Waals surface area contributed by atoms with Gasteiger partial charge >= 0.3 is 5.97 Å². The van der Waals surface area contributed by atoms with Crippen molar-refractivity contribution in [2.24, 2.45) is 5.92 Å². The summed E-state index contributed by atoms with van der Waals surface area (Å²) in [6.07, 6.45) is 0.995. The van der Waals surface area contributed by atoms with Crippen LogP contribution < -0.4 is 10.6 Å². The summed E-state index contributed by atoms with van der Waals surface area (Å²) in [5, 5.41) is 14.9. The third-order valence-corrected chi connectivity index (χ3v) is 3.54. The van der Waals surface area contributed by atoms with Crippen molar-refractivity contribution >= 4 is 17.6 Å². The van der Waals surface area contributed by atoms with E-state index in [0.29, 0.717) is 17.2 Å². The van der Waals surface area contributed by atoms with E-state index in [1.54, 1.807) is 19.1 Å². The van der Waals surface area contributed by atoms with Gasteiger partial charge in [-0.2, -0.15) is 0 Å². The summed E-state index contributed by atoms with van der Waals surface area (Å²) < 4.78 is 0. The topological polar surface area (TPSA) is 78.4 Å². The fourth-order valence-electron chi connectivity index (χ4n) is 2.39. The molecule has 0 saturated carbocycles. The lowest BCUT2D eigenvalue weighted by Gasteiger charge is -2.16. The molecule has 102 valence electrons. The number of benzene rings is 1. The number of hydrogen-bond acceptors (Lipinski definition) is 3. The van der Waals surface area contributed by atoms with Gasteiger partial charge in [-0.3, -0.25) is 4.79 Å². The van der Waals surface area contributed by atoms with Gasteiger partial charge in [-0.1, -0.05) is 6.92 Å². The lowest BCUT2D eigenvalue weighted by molar-refractivity contribution is -0.118. The van der Waals surface area contributed by atoms with E-state index in [1.165, 1.54) is 6.07 Å². The van der Waals surface area contributed by atoms with E-state index in [9.17, 15) is 9.59 Å². The van der Waals surface area contributed by atoms with Crippen LogP contribution in [0.1, 0.15) is 29.3 Å².